The van der Waals surface area contributed by atoms with Crippen LogP contribution in [0.25, 0.3) is 10.2 Å². The summed E-state index contributed by atoms with van der Waals surface area (Å²) >= 11 is 1.40. The number of benzene rings is 1. The average Bonchev–Trinajstić information content (AvgIpc) is 2.79. The van der Waals surface area contributed by atoms with Gasteiger partial charge in [0.25, 0.3) is 5.91 Å². The number of amides is 1. The van der Waals surface area contributed by atoms with Crippen LogP contribution in [-0.2, 0) is 4.74 Å². The summed E-state index contributed by atoms with van der Waals surface area (Å²) in [6.07, 6.45) is 0.0814. The summed E-state index contributed by atoms with van der Waals surface area (Å²) in [5.74, 6) is 0.0431. The van der Waals surface area contributed by atoms with Gasteiger partial charge in [0, 0.05) is 12.1 Å². The molecule has 0 bridgehead atoms. The van der Waals surface area contributed by atoms with Crippen LogP contribution >= 0.6 is 11.3 Å². The highest BCUT2D eigenvalue weighted by Gasteiger charge is 2.28. The third-order valence-electron chi connectivity index (χ3n) is 3.52. The number of ether oxygens (including phenoxy) is 1. The van der Waals surface area contributed by atoms with Crippen LogP contribution in [0.4, 0.5) is 5.13 Å². The molecule has 1 aromatic carbocycles. The van der Waals surface area contributed by atoms with Crippen molar-refractivity contribution in [2.45, 2.75) is 26.0 Å². The zero-order chi connectivity index (χ0) is 14.3. The van der Waals surface area contributed by atoms with Crippen molar-refractivity contribution in [3.8, 4) is 0 Å². The third-order valence-corrected chi connectivity index (χ3v) is 4.37. The molecule has 2 aromatic rings. The van der Waals surface area contributed by atoms with Gasteiger partial charge in [-0.2, -0.15) is 0 Å². The van der Waals surface area contributed by atoms with E-state index in [-0.39, 0.29) is 18.1 Å². The lowest BCUT2D eigenvalue weighted by Crippen LogP contribution is -2.50. The number of nitrogens with two attached hydrogens (primary N) is 1. The quantitative estimate of drug-likeness (QED) is 0.874. The van der Waals surface area contributed by atoms with Crippen LogP contribution in [0.15, 0.2) is 18.2 Å². The Labute approximate surface area is 121 Å². The molecule has 0 spiro atoms. The number of anilines is 1. The predicted molar refractivity (Wildman–Crippen MR) is 79.9 cm³/mol. The van der Waals surface area contributed by atoms with Crippen molar-refractivity contribution in [1.29, 1.82) is 0 Å². The van der Waals surface area contributed by atoms with Gasteiger partial charge in [-0.15, -0.1) is 0 Å². The second kappa shape index (κ2) is 5.03. The molecule has 2 atom stereocenters. The summed E-state index contributed by atoms with van der Waals surface area (Å²) in [6.45, 7) is 5.21. The van der Waals surface area contributed by atoms with Crippen molar-refractivity contribution in [3.63, 3.8) is 0 Å². The molecule has 0 aliphatic carbocycles. The van der Waals surface area contributed by atoms with Gasteiger partial charge in [0.05, 0.1) is 29.0 Å². The average molecular weight is 291 g/mol. The Morgan fingerprint density at radius 3 is 3.10 bits per heavy atom. The van der Waals surface area contributed by atoms with Crippen molar-refractivity contribution in [2.24, 2.45) is 0 Å². The number of fused-ring (bicyclic) bond motifs is 1. The second-order valence-electron chi connectivity index (χ2n) is 5.19. The highest BCUT2D eigenvalue weighted by Crippen LogP contribution is 2.25. The highest BCUT2D eigenvalue weighted by molar-refractivity contribution is 7.22. The molecule has 106 valence electrons. The molecule has 2 unspecified atom stereocenters. The minimum absolute atomic E-state index is 0.0431. The molecule has 1 amide bonds. The van der Waals surface area contributed by atoms with Crippen molar-refractivity contribution in [1.82, 2.24) is 9.88 Å². The fourth-order valence-corrected chi connectivity index (χ4v) is 3.20. The van der Waals surface area contributed by atoms with E-state index in [9.17, 15) is 4.79 Å². The monoisotopic (exact) mass is 291 g/mol. The maximum absolute atomic E-state index is 12.6. The van der Waals surface area contributed by atoms with Gasteiger partial charge in [-0.1, -0.05) is 11.3 Å². The minimum Gasteiger partial charge on any atom is -0.375 e. The summed E-state index contributed by atoms with van der Waals surface area (Å²) in [4.78, 5) is 18.7. The Hall–Kier alpha value is -1.66. The van der Waals surface area contributed by atoms with Crippen LogP contribution in [0.5, 0.6) is 0 Å². The molecular formula is C14H17N3O2S. The first kappa shape index (κ1) is 13.3. The van der Waals surface area contributed by atoms with Crippen LogP contribution < -0.4 is 5.73 Å². The van der Waals surface area contributed by atoms with Crippen LogP contribution in [0, 0.1) is 0 Å². The van der Waals surface area contributed by atoms with E-state index >= 15 is 0 Å². The summed E-state index contributed by atoms with van der Waals surface area (Å²) in [5.41, 5.74) is 7.22. The number of nitrogens with zero attached hydrogens (tertiary/aromatic N) is 2. The Kier molecular flexibility index (Phi) is 3.35. The van der Waals surface area contributed by atoms with E-state index in [2.05, 4.69) is 4.98 Å². The molecule has 1 aromatic heterocycles. The van der Waals surface area contributed by atoms with Gasteiger partial charge in [0.2, 0.25) is 0 Å². The lowest BCUT2D eigenvalue weighted by atomic mass is 10.1. The Bertz CT molecular complexity index is 655. The molecular weight excluding hydrogens is 274 g/mol. The van der Waals surface area contributed by atoms with Gasteiger partial charge in [-0.05, 0) is 32.0 Å². The molecule has 1 aliphatic heterocycles. The number of aromatic nitrogens is 1. The highest BCUT2D eigenvalue weighted by atomic mass is 32.1. The normalized spacial score (nSPS) is 23.2. The summed E-state index contributed by atoms with van der Waals surface area (Å²) in [7, 11) is 0. The molecule has 1 fully saturated rings. The molecule has 0 saturated carbocycles. The fraction of sp³-hybridized carbons (Fsp3) is 0.429. The van der Waals surface area contributed by atoms with Gasteiger partial charge < -0.3 is 15.4 Å². The number of morpholine rings is 1. The van der Waals surface area contributed by atoms with Gasteiger partial charge in [0.15, 0.2) is 5.13 Å². The smallest absolute Gasteiger partial charge is 0.254 e. The summed E-state index contributed by atoms with van der Waals surface area (Å²) in [6, 6.07) is 5.64. The molecule has 2 N–H and O–H groups in total. The fourth-order valence-electron chi connectivity index (χ4n) is 2.43. The van der Waals surface area contributed by atoms with Crippen molar-refractivity contribution in [2.75, 3.05) is 18.9 Å². The molecule has 1 saturated heterocycles. The standard InChI is InChI=1S/C14H17N3O2S/c1-8-7-19-9(2)6-17(8)13(18)10-3-4-11-12(5-10)20-14(15)16-11/h3-5,8-9H,6-7H2,1-2H3,(H2,15,16). The molecule has 5 nitrogen and oxygen atoms in total. The first-order chi connectivity index (χ1) is 9.54. The van der Waals surface area contributed by atoms with E-state index in [1.807, 2.05) is 36.9 Å². The molecule has 0 radical (unpaired) electrons. The Morgan fingerprint density at radius 1 is 1.50 bits per heavy atom. The van der Waals surface area contributed by atoms with Crippen molar-refractivity contribution < 1.29 is 9.53 Å². The number of hydrogen-bond acceptors (Lipinski definition) is 5. The first-order valence-corrected chi connectivity index (χ1v) is 7.45. The minimum atomic E-state index is 0.0431. The number of carbonyl (C=O) groups excluding carboxylic acids is 1. The molecule has 3 rings (SSSR count). The molecule has 6 heteroatoms. The maximum atomic E-state index is 12.6. The Morgan fingerprint density at radius 2 is 2.30 bits per heavy atom. The number of carbonyl (C=O) groups is 1. The van der Waals surface area contributed by atoms with E-state index in [0.29, 0.717) is 23.8 Å². The molecule has 20 heavy (non-hydrogen) atoms. The van der Waals surface area contributed by atoms with Crippen LogP contribution in [0.2, 0.25) is 0 Å². The number of hydrogen-bond donors (Lipinski definition) is 1. The Balaban J connectivity index is 1.91. The summed E-state index contributed by atoms with van der Waals surface area (Å²) < 4.78 is 6.51. The van der Waals surface area contributed by atoms with Crippen LogP contribution in [0.1, 0.15) is 24.2 Å². The third kappa shape index (κ3) is 2.36. The topological polar surface area (TPSA) is 68.5 Å². The van der Waals surface area contributed by atoms with Gasteiger partial charge >= 0.3 is 0 Å². The number of thiazole rings is 1. The zero-order valence-corrected chi connectivity index (χ0v) is 12.3. The summed E-state index contributed by atoms with van der Waals surface area (Å²) in [5, 5.41) is 0.526. The second-order valence-corrected chi connectivity index (χ2v) is 6.25. The van der Waals surface area contributed by atoms with Crippen molar-refractivity contribution >= 4 is 32.6 Å². The van der Waals surface area contributed by atoms with E-state index in [1.165, 1.54) is 11.3 Å². The largest absolute Gasteiger partial charge is 0.375 e. The van der Waals surface area contributed by atoms with E-state index in [4.69, 9.17) is 10.5 Å². The van der Waals surface area contributed by atoms with Crippen LogP contribution in [0.3, 0.4) is 0 Å². The molecule has 1 aliphatic rings. The van der Waals surface area contributed by atoms with E-state index in [1.54, 1.807) is 0 Å². The lowest BCUT2D eigenvalue weighted by Gasteiger charge is -2.36. The molecule has 2 heterocycles. The van der Waals surface area contributed by atoms with Gasteiger partial charge in [0.1, 0.15) is 0 Å². The number of rotatable bonds is 1. The van der Waals surface area contributed by atoms with Gasteiger partial charge in [-0.3, -0.25) is 4.79 Å². The maximum Gasteiger partial charge on any atom is 0.254 e. The number of nitrogen functional groups attached to an aromatic ring is 1. The zero-order valence-electron chi connectivity index (χ0n) is 11.5. The van der Waals surface area contributed by atoms with E-state index < -0.39 is 0 Å². The van der Waals surface area contributed by atoms with E-state index in [0.717, 1.165) is 10.2 Å². The first-order valence-electron chi connectivity index (χ1n) is 6.63. The van der Waals surface area contributed by atoms with Crippen molar-refractivity contribution in [3.05, 3.63) is 23.8 Å². The van der Waals surface area contributed by atoms with Crippen LogP contribution in [-0.4, -0.2) is 41.1 Å². The SMILES string of the molecule is CC1CN(C(=O)c2ccc3nc(N)sc3c2)C(C)CO1. The predicted octanol–water partition coefficient (Wildman–Crippen LogP) is 2.13. The lowest BCUT2D eigenvalue weighted by molar-refractivity contribution is -0.0387. The van der Waals surface area contributed by atoms with Gasteiger partial charge in [-0.25, -0.2) is 4.98 Å².